The van der Waals surface area contributed by atoms with Crippen LogP contribution in [-0.4, -0.2) is 43.2 Å². The van der Waals surface area contributed by atoms with Crippen molar-refractivity contribution in [3.63, 3.8) is 0 Å². The Morgan fingerprint density at radius 3 is 2.58 bits per heavy atom. The maximum Gasteiger partial charge on any atom is 0.230 e. The Morgan fingerprint density at radius 2 is 1.96 bits per heavy atom. The molecule has 0 saturated carbocycles. The summed E-state index contributed by atoms with van der Waals surface area (Å²) in [6, 6.07) is 10.9. The molecule has 2 atom stereocenters. The SMILES string of the molecule is CC1C(Cc2ccccc2)CCN1C(=O)C1(CN)CCOCC1.Cl. The molecule has 5 heteroatoms. The van der Waals surface area contributed by atoms with Gasteiger partial charge in [0.2, 0.25) is 5.91 Å². The molecule has 1 aromatic rings. The van der Waals surface area contributed by atoms with E-state index in [9.17, 15) is 4.79 Å². The highest BCUT2D eigenvalue weighted by Crippen LogP contribution is 2.36. The Hall–Kier alpha value is -1.10. The van der Waals surface area contributed by atoms with Gasteiger partial charge >= 0.3 is 0 Å². The number of carbonyl (C=O) groups excluding carboxylic acids is 1. The molecule has 2 unspecified atom stereocenters. The van der Waals surface area contributed by atoms with Gasteiger partial charge in [0.05, 0.1) is 5.41 Å². The van der Waals surface area contributed by atoms with E-state index in [0.717, 1.165) is 32.2 Å². The average Bonchev–Trinajstić information content (AvgIpc) is 2.96. The second-order valence-electron chi connectivity index (χ2n) is 7.07. The second-order valence-corrected chi connectivity index (χ2v) is 7.07. The van der Waals surface area contributed by atoms with Gasteiger partial charge in [0.25, 0.3) is 0 Å². The molecule has 0 aliphatic carbocycles. The molecule has 2 heterocycles. The van der Waals surface area contributed by atoms with E-state index in [0.29, 0.717) is 25.7 Å². The van der Waals surface area contributed by atoms with E-state index in [-0.39, 0.29) is 24.4 Å². The van der Waals surface area contributed by atoms with Gasteiger partial charge in [0, 0.05) is 32.3 Å². The molecule has 3 rings (SSSR count). The van der Waals surface area contributed by atoms with E-state index in [1.807, 2.05) is 6.07 Å². The first-order chi connectivity index (χ1) is 11.2. The smallest absolute Gasteiger partial charge is 0.230 e. The van der Waals surface area contributed by atoms with Gasteiger partial charge in [-0.2, -0.15) is 0 Å². The van der Waals surface area contributed by atoms with Crippen LogP contribution in [-0.2, 0) is 16.0 Å². The second kappa shape index (κ2) is 8.32. The average molecular weight is 353 g/mol. The van der Waals surface area contributed by atoms with Crippen LogP contribution in [0.2, 0.25) is 0 Å². The van der Waals surface area contributed by atoms with E-state index < -0.39 is 5.41 Å². The third-order valence-corrected chi connectivity index (χ3v) is 5.81. The molecule has 134 valence electrons. The van der Waals surface area contributed by atoms with Crippen LogP contribution < -0.4 is 5.73 Å². The topological polar surface area (TPSA) is 55.6 Å². The van der Waals surface area contributed by atoms with Gasteiger partial charge in [-0.25, -0.2) is 0 Å². The summed E-state index contributed by atoms with van der Waals surface area (Å²) in [5, 5.41) is 0. The minimum atomic E-state index is -0.395. The Morgan fingerprint density at radius 1 is 1.29 bits per heavy atom. The van der Waals surface area contributed by atoms with E-state index in [2.05, 4.69) is 36.1 Å². The van der Waals surface area contributed by atoms with Gasteiger partial charge in [-0.15, -0.1) is 12.4 Å². The summed E-state index contributed by atoms with van der Waals surface area (Å²) in [6.45, 7) is 4.79. The predicted octanol–water partition coefficient (Wildman–Crippen LogP) is 2.64. The Balaban J connectivity index is 0.00000208. The zero-order valence-electron chi connectivity index (χ0n) is 14.4. The molecule has 2 aliphatic heterocycles. The van der Waals surface area contributed by atoms with Crippen molar-refractivity contribution in [2.45, 2.75) is 38.6 Å². The van der Waals surface area contributed by atoms with Crippen LogP contribution in [0.3, 0.4) is 0 Å². The summed E-state index contributed by atoms with van der Waals surface area (Å²) >= 11 is 0. The molecule has 2 aliphatic rings. The van der Waals surface area contributed by atoms with Gasteiger partial charge < -0.3 is 15.4 Å². The van der Waals surface area contributed by atoms with Gasteiger partial charge in [0.1, 0.15) is 0 Å². The highest BCUT2D eigenvalue weighted by atomic mass is 35.5. The van der Waals surface area contributed by atoms with Crippen molar-refractivity contribution in [2.24, 2.45) is 17.1 Å². The number of halogens is 1. The summed E-state index contributed by atoms with van der Waals surface area (Å²) in [5.41, 5.74) is 6.97. The molecule has 1 aromatic carbocycles. The number of hydrogen-bond acceptors (Lipinski definition) is 3. The number of ether oxygens (including phenoxy) is 1. The van der Waals surface area contributed by atoms with Crippen molar-refractivity contribution in [1.29, 1.82) is 0 Å². The molecule has 0 aromatic heterocycles. The minimum absolute atomic E-state index is 0. The number of likely N-dealkylation sites (tertiary alicyclic amines) is 1. The maximum atomic E-state index is 13.2. The Labute approximate surface area is 151 Å². The van der Waals surface area contributed by atoms with Gasteiger partial charge in [-0.1, -0.05) is 30.3 Å². The van der Waals surface area contributed by atoms with Gasteiger partial charge in [-0.3, -0.25) is 4.79 Å². The summed E-state index contributed by atoms with van der Waals surface area (Å²) in [6.07, 6.45) is 3.65. The number of nitrogens with two attached hydrogens (primary N) is 1. The summed E-state index contributed by atoms with van der Waals surface area (Å²) < 4.78 is 5.44. The van der Waals surface area contributed by atoms with Crippen LogP contribution in [0.5, 0.6) is 0 Å². The van der Waals surface area contributed by atoms with Crippen molar-refractivity contribution in [2.75, 3.05) is 26.3 Å². The highest BCUT2D eigenvalue weighted by molar-refractivity contribution is 5.85. The fourth-order valence-corrected chi connectivity index (χ4v) is 4.05. The molecule has 2 fully saturated rings. The van der Waals surface area contributed by atoms with Crippen LogP contribution in [0.1, 0.15) is 31.7 Å². The minimum Gasteiger partial charge on any atom is -0.381 e. The lowest BCUT2D eigenvalue weighted by Gasteiger charge is -2.39. The lowest BCUT2D eigenvalue weighted by atomic mass is 9.78. The van der Waals surface area contributed by atoms with Crippen LogP contribution in [0.25, 0.3) is 0 Å². The summed E-state index contributed by atoms with van der Waals surface area (Å²) in [4.78, 5) is 15.2. The fraction of sp³-hybridized carbons (Fsp3) is 0.632. The first-order valence-electron chi connectivity index (χ1n) is 8.79. The number of rotatable bonds is 4. The number of benzene rings is 1. The van der Waals surface area contributed by atoms with Crippen LogP contribution in [0, 0.1) is 11.3 Å². The number of carbonyl (C=O) groups is 1. The summed E-state index contributed by atoms with van der Waals surface area (Å²) in [7, 11) is 0. The van der Waals surface area contributed by atoms with E-state index in [1.165, 1.54) is 5.56 Å². The molecular formula is C19H29ClN2O2. The molecule has 2 saturated heterocycles. The lowest BCUT2D eigenvalue weighted by molar-refractivity contribution is -0.148. The Bertz CT molecular complexity index is 531. The molecule has 0 radical (unpaired) electrons. The summed E-state index contributed by atoms with van der Waals surface area (Å²) in [5.74, 6) is 0.794. The third kappa shape index (κ3) is 3.76. The van der Waals surface area contributed by atoms with Crippen molar-refractivity contribution < 1.29 is 9.53 Å². The zero-order valence-corrected chi connectivity index (χ0v) is 15.3. The molecule has 1 amide bonds. The molecule has 0 bridgehead atoms. The van der Waals surface area contributed by atoms with Crippen molar-refractivity contribution >= 4 is 18.3 Å². The standard InChI is InChI=1S/C19H28N2O2.ClH/c1-15-17(13-16-5-3-2-4-6-16)7-10-21(15)18(22)19(14-20)8-11-23-12-9-19;/h2-6,15,17H,7-14,20H2,1H3;1H. The van der Waals surface area contributed by atoms with E-state index in [4.69, 9.17) is 10.5 Å². The number of nitrogens with zero attached hydrogens (tertiary/aromatic N) is 1. The van der Waals surface area contributed by atoms with Crippen LogP contribution >= 0.6 is 12.4 Å². The number of amides is 1. The molecule has 24 heavy (non-hydrogen) atoms. The van der Waals surface area contributed by atoms with Crippen molar-refractivity contribution in [1.82, 2.24) is 4.90 Å². The maximum absolute atomic E-state index is 13.2. The predicted molar refractivity (Wildman–Crippen MR) is 98.2 cm³/mol. The lowest BCUT2D eigenvalue weighted by Crippen LogP contribution is -2.52. The monoisotopic (exact) mass is 352 g/mol. The Kier molecular flexibility index (Phi) is 6.67. The van der Waals surface area contributed by atoms with Crippen LogP contribution in [0.4, 0.5) is 0 Å². The van der Waals surface area contributed by atoms with E-state index >= 15 is 0 Å². The van der Waals surface area contributed by atoms with Crippen molar-refractivity contribution in [3.8, 4) is 0 Å². The normalized spacial score (nSPS) is 26.0. The fourth-order valence-electron chi connectivity index (χ4n) is 4.05. The molecule has 4 nitrogen and oxygen atoms in total. The zero-order chi connectivity index (χ0) is 16.3. The van der Waals surface area contributed by atoms with Crippen molar-refractivity contribution in [3.05, 3.63) is 35.9 Å². The quantitative estimate of drug-likeness (QED) is 0.906. The first kappa shape index (κ1) is 19.2. The van der Waals surface area contributed by atoms with Crippen LogP contribution in [0.15, 0.2) is 30.3 Å². The number of hydrogen-bond donors (Lipinski definition) is 1. The van der Waals surface area contributed by atoms with Gasteiger partial charge in [-0.05, 0) is 44.1 Å². The largest absolute Gasteiger partial charge is 0.381 e. The first-order valence-corrected chi connectivity index (χ1v) is 8.79. The third-order valence-electron chi connectivity index (χ3n) is 5.81. The highest BCUT2D eigenvalue weighted by Gasteiger charge is 2.45. The molecule has 2 N–H and O–H groups in total. The molecular weight excluding hydrogens is 324 g/mol. The molecule has 0 spiro atoms. The van der Waals surface area contributed by atoms with E-state index in [1.54, 1.807) is 0 Å². The van der Waals surface area contributed by atoms with Gasteiger partial charge in [0.15, 0.2) is 0 Å².